The number of hydrogen-bond donors (Lipinski definition) is 2. The van der Waals surface area contributed by atoms with Gasteiger partial charge in [0.25, 0.3) is 0 Å². The number of nitrogens with zero attached hydrogens (tertiary/aromatic N) is 2. The van der Waals surface area contributed by atoms with Crippen molar-refractivity contribution in [3.8, 4) is 0 Å². The summed E-state index contributed by atoms with van der Waals surface area (Å²) in [5.74, 6) is -0.660. The summed E-state index contributed by atoms with van der Waals surface area (Å²) in [6.45, 7) is 4.26. The maximum absolute atomic E-state index is 11.4. The van der Waals surface area contributed by atoms with Gasteiger partial charge in [-0.1, -0.05) is 0 Å². The molecule has 6 heteroatoms. The largest absolute Gasteiger partial charge is 0.478 e. The van der Waals surface area contributed by atoms with E-state index in [1.165, 1.54) is 12.1 Å². The number of anilines is 1. The minimum absolute atomic E-state index is 0.125. The molecule has 0 saturated carbocycles. The van der Waals surface area contributed by atoms with Crippen LogP contribution in [0.25, 0.3) is 0 Å². The average molecular weight is 251 g/mol. The predicted molar refractivity (Wildman–Crippen MR) is 67.9 cm³/mol. The molecule has 0 fully saturated rings. The molecule has 0 radical (unpaired) electrons. The molecule has 1 amide bonds. The lowest BCUT2D eigenvalue weighted by Gasteiger charge is -2.18. The number of hydrogen-bond acceptors (Lipinski definition) is 4. The van der Waals surface area contributed by atoms with Gasteiger partial charge in [0.05, 0.1) is 12.1 Å². The van der Waals surface area contributed by atoms with Crippen molar-refractivity contribution in [3.63, 3.8) is 0 Å². The third-order valence-electron chi connectivity index (χ3n) is 2.33. The van der Waals surface area contributed by atoms with Crippen molar-refractivity contribution >= 4 is 17.7 Å². The van der Waals surface area contributed by atoms with E-state index in [9.17, 15) is 9.59 Å². The number of carbonyl (C=O) groups excluding carboxylic acids is 1. The Morgan fingerprint density at radius 1 is 1.44 bits per heavy atom. The molecule has 1 rings (SSSR count). The van der Waals surface area contributed by atoms with E-state index in [0.29, 0.717) is 18.1 Å². The third kappa shape index (κ3) is 3.73. The Morgan fingerprint density at radius 3 is 2.67 bits per heavy atom. The number of amides is 1. The van der Waals surface area contributed by atoms with Crippen LogP contribution in [0.2, 0.25) is 0 Å². The van der Waals surface area contributed by atoms with Gasteiger partial charge in [-0.2, -0.15) is 0 Å². The standard InChI is InChI=1S/C12H17N3O3/c1-4-13-11(16)7-15(3)10-6-9(12(17)18)5-8(2)14-10/h5-6H,4,7H2,1-3H3,(H,13,16)(H,17,18). The summed E-state index contributed by atoms with van der Waals surface area (Å²) < 4.78 is 0. The fraction of sp³-hybridized carbons (Fsp3) is 0.417. The van der Waals surface area contributed by atoms with Crippen LogP contribution in [0.5, 0.6) is 0 Å². The molecular formula is C12H17N3O3. The maximum atomic E-state index is 11.4. The number of carboxylic acid groups (broad SMARTS) is 1. The highest BCUT2D eigenvalue weighted by Gasteiger charge is 2.12. The van der Waals surface area contributed by atoms with E-state index in [2.05, 4.69) is 10.3 Å². The van der Waals surface area contributed by atoms with E-state index in [1.54, 1.807) is 18.9 Å². The van der Waals surface area contributed by atoms with Gasteiger partial charge >= 0.3 is 5.97 Å². The van der Waals surface area contributed by atoms with Gasteiger partial charge in [-0.3, -0.25) is 4.79 Å². The normalized spacial score (nSPS) is 9.94. The Labute approximate surface area is 106 Å². The van der Waals surface area contributed by atoms with Crippen LogP contribution >= 0.6 is 0 Å². The number of rotatable bonds is 5. The Hall–Kier alpha value is -2.11. The summed E-state index contributed by atoms with van der Waals surface area (Å²) in [5.41, 5.74) is 0.771. The molecule has 0 spiro atoms. The van der Waals surface area contributed by atoms with Gasteiger partial charge in [0.15, 0.2) is 0 Å². The van der Waals surface area contributed by atoms with Crippen LogP contribution in [0.1, 0.15) is 23.0 Å². The molecule has 98 valence electrons. The molecule has 2 N–H and O–H groups in total. The van der Waals surface area contributed by atoms with Crippen LogP contribution in [-0.4, -0.2) is 42.1 Å². The zero-order valence-corrected chi connectivity index (χ0v) is 10.7. The van der Waals surface area contributed by atoms with E-state index < -0.39 is 5.97 Å². The fourth-order valence-electron chi connectivity index (χ4n) is 1.52. The second-order valence-corrected chi connectivity index (χ2v) is 3.97. The molecule has 0 unspecified atom stereocenters. The number of carbonyl (C=O) groups is 2. The van der Waals surface area contributed by atoms with Gasteiger partial charge in [0.1, 0.15) is 5.82 Å². The first-order valence-electron chi connectivity index (χ1n) is 5.64. The van der Waals surface area contributed by atoms with Gasteiger partial charge in [-0.15, -0.1) is 0 Å². The summed E-state index contributed by atoms with van der Waals surface area (Å²) in [5, 5.41) is 11.6. The molecular weight excluding hydrogens is 234 g/mol. The van der Waals surface area contributed by atoms with Crippen LogP contribution in [0.3, 0.4) is 0 Å². The third-order valence-corrected chi connectivity index (χ3v) is 2.33. The summed E-state index contributed by atoms with van der Waals surface area (Å²) in [4.78, 5) is 28.2. The molecule has 0 bridgehead atoms. The van der Waals surface area contributed by atoms with Gasteiger partial charge in [0.2, 0.25) is 5.91 Å². The van der Waals surface area contributed by atoms with Crippen molar-refractivity contribution in [1.29, 1.82) is 0 Å². The second kappa shape index (κ2) is 6.00. The molecule has 1 aromatic rings. The lowest BCUT2D eigenvalue weighted by molar-refractivity contribution is -0.119. The van der Waals surface area contributed by atoms with Crippen LogP contribution < -0.4 is 10.2 Å². The van der Waals surface area contributed by atoms with Gasteiger partial charge in [-0.05, 0) is 26.0 Å². The molecule has 0 atom stereocenters. The average Bonchev–Trinajstić information content (AvgIpc) is 2.28. The van der Waals surface area contributed by atoms with Gasteiger partial charge < -0.3 is 15.3 Å². The smallest absolute Gasteiger partial charge is 0.335 e. The van der Waals surface area contributed by atoms with Crippen LogP contribution in [0.15, 0.2) is 12.1 Å². The van der Waals surface area contributed by atoms with Crippen molar-refractivity contribution in [2.45, 2.75) is 13.8 Å². The Balaban J connectivity index is 2.88. The van der Waals surface area contributed by atoms with Crippen molar-refractivity contribution in [2.75, 3.05) is 25.0 Å². The zero-order valence-electron chi connectivity index (χ0n) is 10.7. The molecule has 1 aromatic heterocycles. The second-order valence-electron chi connectivity index (χ2n) is 3.97. The molecule has 0 saturated heterocycles. The minimum Gasteiger partial charge on any atom is -0.478 e. The first-order chi connectivity index (χ1) is 8.43. The highest BCUT2D eigenvalue weighted by atomic mass is 16.4. The first kappa shape index (κ1) is 14.0. The Morgan fingerprint density at radius 2 is 2.11 bits per heavy atom. The molecule has 6 nitrogen and oxygen atoms in total. The lowest BCUT2D eigenvalue weighted by atomic mass is 10.2. The van der Waals surface area contributed by atoms with Crippen molar-refractivity contribution < 1.29 is 14.7 Å². The summed E-state index contributed by atoms with van der Waals surface area (Å²) >= 11 is 0. The zero-order chi connectivity index (χ0) is 13.7. The highest BCUT2D eigenvalue weighted by Crippen LogP contribution is 2.13. The lowest BCUT2D eigenvalue weighted by Crippen LogP contribution is -2.35. The summed E-state index contributed by atoms with van der Waals surface area (Å²) in [6.07, 6.45) is 0. The predicted octanol–water partition coefficient (Wildman–Crippen LogP) is 0.661. The molecule has 0 aliphatic carbocycles. The quantitative estimate of drug-likeness (QED) is 0.803. The number of aromatic carboxylic acids is 1. The van der Waals surface area contributed by atoms with E-state index in [0.717, 1.165) is 0 Å². The maximum Gasteiger partial charge on any atom is 0.335 e. The summed E-state index contributed by atoms with van der Waals surface area (Å²) in [7, 11) is 1.70. The molecule has 0 aromatic carbocycles. The van der Waals surface area contributed by atoms with Crippen LogP contribution in [-0.2, 0) is 4.79 Å². The number of likely N-dealkylation sites (N-methyl/N-ethyl adjacent to an activating group) is 2. The minimum atomic E-state index is -1.01. The van der Waals surface area contributed by atoms with Crippen LogP contribution in [0.4, 0.5) is 5.82 Å². The number of pyridine rings is 1. The number of carboxylic acids is 1. The number of nitrogens with one attached hydrogen (secondary N) is 1. The van der Waals surface area contributed by atoms with Crippen LogP contribution in [0, 0.1) is 6.92 Å². The summed E-state index contributed by atoms with van der Waals surface area (Å²) in [6, 6.07) is 2.94. The topological polar surface area (TPSA) is 82.5 Å². The fourth-order valence-corrected chi connectivity index (χ4v) is 1.52. The first-order valence-corrected chi connectivity index (χ1v) is 5.64. The monoisotopic (exact) mass is 251 g/mol. The highest BCUT2D eigenvalue weighted by molar-refractivity contribution is 5.89. The molecule has 1 heterocycles. The van der Waals surface area contributed by atoms with E-state index >= 15 is 0 Å². The van der Waals surface area contributed by atoms with E-state index in [4.69, 9.17) is 5.11 Å². The van der Waals surface area contributed by atoms with Crippen molar-refractivity contribution in [2.24, 2.45) is 0 Å². The van der Waals surface area contributed by atoms with Gasteiger partial charge in [0, 0.05) is 19.3 Å². The Kier molecular flexibility index (Phi) is 4.65. The SMILES string of the molecule is CCNC(=O)CN(C)c1cc(C(=O)O)cc(C)n1. The van der Waals surface area contributed by atoms with Crippen molar-refractivity contribution in [3.05, 3.63) is 23.4 Å². The number of aromatic nitrogens is 1. The Bertz CT molecular complexity index is 460. The number of aryl methyl sites for hydroxylation is 1. The van der Waals surface area contributed by atoms with E-state index in [-0.39, 0.29) is 18.0 Å². The molecule has 0 aliphatic rings. The van der Waals surface area contributed by atoms with Crippen molar-refractivity contribution in [1.82, 2.24) is 10.3 Å². The molecule has 0 aliphatic heterocycles. The van der Waals surface area contributed by atoms with E-state index in [1.807, 2.05) is 6.92 Å². The van der Waals surface area contributed by atoms with Gasteiger partial charge in [-0.25, -0.2) is 9.78 Å². The molecule has 18 heavy (non-hydrogen) atoms.